The lowest BCUT2D eigenvalue weighted by Gasteiger charge is -2.13. The van der Waals surface area contributed by atoms with E-state index in [1.807, 2.05) is 47.9 Å². The minimum Gasteiger partial charge on any atom is -0.493 e. The number of methoxy groups -OCH3 is 2. The van der Waals surface area contributed by atoms with E-state index in [0.29, 0.717) is 35.1 Å². The van der Waals surface area contributed by atoms with Crippen molar-refractivity contribution in [3.63, 3.8) is 0 Å². The third-order valence-electron chi connectivity index (χ3n) is 5.86. The summed E-state index contributed by atoms with van der Waals surface area (Å²) in [5.41, 5.74) is 4.79. The Balaban J connectivity index is 1.59. The molecular weight excluding hydrogens is 467 g/mol. The Morgan fingerprint density at radius 3 is 2.29 bits per heavy atom. The van der Waals surface area contributed by atoms with Crippen molar-refractivity contribution in [2.45, 2.75) is 13.3 Å². The molecule has 0 unspecified atom stereocenters. The van der Waals surface area contributed by atoms with E-state index in [4.69, 9.17) is 21.1 Å². The molecule has 1 N–H and O–H groups in total. The van der Waals surface area contributed by atoms with Gasteiger partial charge in [0.2, 0.25) is 0 Å². The topological polar surface area (TPSA) is 52.5 Å². The average Bonchev–Trinajstić information content (AvgIpc) is 3.21. The molecule has 5 nitrogen and oxygen atoms in total. The molecule has 0 radical (unpaired) electrons. The summed E-state index contributed by atoms with van der Waals surface area (Å²) in [4.78, 5) is 13.2. The van der Waals surface area contributed by atoms with Crippen LogP contribution in [0, 0.1) is 12.7 Å². The Morgan fingerprint density at radius 1 is 0.943 bits per heavy atom. The van der Waals surface area contributed by atoms with Crippen molar-refractivity contribution in [2.75, 3.05) is 20.8 Å². The fourth-order valence-electron chi connectivity index (χ4n) is 4.04. The molecule has 0 bridgehead atoms. The third kappa shape index (κ3) is 5.33. The van der Waals surface area contributed by atoms with Crippen LogP contribution in [0.25, 0.3) is 16.9 Å². The summed E-state index contributed by atoms with van der Waals surface area (Å²) in [6.45, 7) is 2.33. The van der Waals surface area contributed by atoms with Gasteiger partial charge in [-0.05, 0) is 79.1 Å². The lowest BCUT2D eigenvalue weighted by molar-refractivity contribution is 0.0953. The molecule has 35 heavy (non-hydrogen) atoms. The Hall–Kier alpha value is -3.77. The molecule has 4 rings (SSSR count). The van der Waals surface area contributed by atoms with Gasteiger partial charge in [-0.25, -0.2) is 4.39 Å². The highest BCUT2D eigenvalue weighted by atomic mass is 35.5. The highest BCUT2D eigenvalue weighted by molar-refractivity contribution is 6.30. The first kappa shape index (κ1) is 24.4. The molecule has 0 saturated carbocycles. The van der Waals surface area contributed by atoms with E-state index < -0.39 is 0 Å². The van der Waals surface area contributed by atoms with E-state index in [-0.39, 0.29) is 11.7 Å². The maximum absolute atomic E-state index is 13.6. The lowest BCUT2D eigenvalue weighted by atomic mass is 10.1. The Morgan fingerprint density at radius 2 is 1.63 bits per heavy atom. The molecule has 0 aliphatic carbocycles. The first-order valence-electron chi connectivity index (χ1n) is 11.1. The van der Waals surface area contributed by atoms with Crippen molar-refractivity contribution in [1.29, 1.82) is 0 Å². The summed E-state index contributed by atoms with van der Waals surface area (Å²) in [7, 11) is 3.19. The monoisotopic (exact) mass is 492 g/mol. The third-order valence-corrected chi connectivity index (χ3v) is 6.12. The van der Waals surface area contributed by atoms with Crippen LogP contribution in [-0.4, -0.2) is 31.2 Å². The van der Waals surface area contributed by atoms with Gasteiger partial charge in [0.05, 0.1) is 25.5 Å². The number of hydrogen-bond donors (Lipinski definition) is 1. The van der Waals surface area contributed by atoms with Gasteiger partial charge in [-0.3, -0.25) is 4.79 Å². The second-order valence-electron chi connectivity index (χ2n) is 8.04. The molecule has 0 atom stereocenters. The van der Waals surface area contributed by atoms with Crippen molar-refractivity contribution in [1.82, 2.24) is 9.88 Å². The van der Waals surface area contributed by atoms with Crippen LogP contribution >= 0.6 is 11.6 Å². The number of amides is 1. The Bertz CT molecular complexity index is 1330. The van der Waals surface area contributed by atoms with Crippen LogP contribution in [0.1, 0.15) is 21.6 Å². The van der Waals surface area contributed by atoms with Crippen molar-refractivity contribution >= 4 is 17.5 Å². The fourth-order valence-corrected chi connectivity index (χ4v) is 4.17. The number of halogens is 2. The summed E-state index contributed by atoms with van der Waals surface area (Å²) in [6.07, 6.45) is 0.633. The van der Waals surface area contributed by atoms with E-state index in [1.165, 1.54) is 12.1 Å². The van der Waals surface area contributed by atoms with Crippen LogP contribution in [0.2, 0.25) is 5.02 Å². The zero-order valence-electron chi connectivity index (χ0n) is 19.8. The van der Waals surface area contributed by atoms with E-state index in [2.05, 4.69) is 5.32 Å². The fraction of sp³-hybridized carbons (Fsp3) is 0.179. The lowest BCUT2D eigenvalue weighted by Crippen LogP contribution is -2.26. The molecule has 4 aromatic rings. The minimum absolute atomic E-state index is 0.181. The number of ether oxygens (including phenoxy) is 2. The maximum atomic E-state index is 13.6. The molecule has 1 heterocycles. The van der Waals surface area contributed by atoms with E-state index in [0.717, 1.165) is 28.2 Å². The highest BCUT2D eigenvalue weighted by Crippen LogP contribution is 2.31. The SMILES string of the molecule is COc1ccc(CCNC(=O)c2cc(-c3ccc(Cl)cc3)n(-c3ccc(F)cc3)c2C)cc1OC. The predicted molar refractivity (Wildman–Crippen MR) is 136 cm³/mol. The summed E-state index contributed by atoms with van der Waals surface area (Å²) in [6, 6.07) is 21.2. The molecule has 1 amide bonds. The summed E-state index contributed by atoms with van der Waals surface area (Å²) in [5, 5.41) is 3.63. The molecule has 7 heteroatoms. The van der Waals surface area contributed by atoms with Gasteiger partial charge in [0.1, 0.15) is 5.82 Å². The number of nitrogens with one attached hydrogen (secondary N) is 1. The van der Waals surface area contributed by atoms with Crippen molar-refractivity contribution in [2.24, 2.45) is 0 Å². The Labute approximate surface area is 209 Å². The summed E-state index contributed by atoms with van der Waals surface area (Å²) >= 11 is 6.08. The van der Waals surface area contributed by atoms with Gasteiger partial charge in [-0.1, -0.05) is 29.8 Å². The number of carbonyl (C=O) groups excluding carboxylic acids is 1. The van der Waals surface area contributed by atoms with Gasteiger partial charge in [-0.15, -0.1) is 0 Å². The number of aromatic nitrogens is 1. The largest absolute Gasteiger partial charge is 0.493 e. The van der Waals surface area contributed by atoms with Crippen molar-refractivity contribution in [3.8, 4) is 28.4 Å². The molecule has 0 aliphatic heterocycles. The standard InChI is InChI=1S/C28H26ClFN2O3/c1-18-24(28(33)31-15-14-19-4-13-26(34-2)27(16-19)35-3)17-25(20-5-7-21(29)8-6-20)32(18)23-11-9-22(30)10-12-23/h4-13,16-17H,14-15H2,1-3H3,(H,31,33). The number of carbonyl (C=O) groups is 1. The van der Waals surface area contributed by atoms with Crippen molar-refractivity contribution < 1.29 is 18.7 Å². The number of benzene rings is 3. The Kier molecular flexibility index (Phi) is 7.42. The second-order valence-corrected chi connectivity index (χ2v) is 8.48. The van der Waals surface area contributed by atoms with E-state index in [1.54, 1.807) is 38.5 Å². The molecule has 0 fully saturated rings. The second kappa shape index (κ2) is 10.7. The number of rotatable bonds is 8. The smallest absolute Gasteiger partial charge is 0.253 e. The van der Waals surface area contributed by atoms with Crippen molar-refractivity contribution in [3.05, 3.63) is 100 Å². The van der Waals surface area contributed by atoms with Crippen LogP contribution in [0.5, 0.6) is 11.5 Å². The highest BCUT2D eigenvalue weighted by Gasteiger charge is 2.20. The van der Waals surface area contributed by atoms with Gasteiger partial charge < -0.3 is 19.4 Å². The molecular formula is C28H26ClFN2O3. The van der Waals surface area contributed by atoms with Gasteiger partial charge in [0.15, 0.2) is 11.5 Å². The van der Waals surface area contributed by atoms with Crippen LogP contribution < -0.4 is 14.8 Å². The van der Waals surface area contributed by atoms with Gasteiger partial charge >= 0.3 is 0 Å². The van der Waals surface area contributed by atoms with Crippen LogP contribution in [-0.2, 0) is 6.42 Å². The molecule has 180 valence electrons. The van der Waals surface area contributed by atoms with Gasteiger partial charge in [-0.2, -0.15) is 0 Å². The van der Waals surface area contributed by atoms with Gasteiger partial charge in [0, 0.05) is 22.9 Å². The first-order chi connectivity index (χ1) is 16.9. The van der Waals surface area contributed by atoms with E-state index in [9.17, 15) is 9.18 Å². The summed E-state index contributed by atoms with van der Waals surface area (Å²) in [5.74, 6) is 0.808. The van der Waals surface area contributed by atoms with Crippen LogP contribution in [0.4, 0.5) is 4.39 Å². The average molecular weight is 493 g/mol. The molecule has 3 aromatic carbocycles. The number of hydrogen-bond acceptors (Lipinski definition) is 3. The van der Waals surface area contributed by atoms with E-state index >= 15 is 0 Å². The first-order valence-corrected chi connectivity index (χ1v) is 11.5. The zero-order valence-corrected chi connectivity index (χ0v) is 20.5. The number of nitrogens with zero attached hydrogens (tertiary/aromatic N) is 1. The molecule has 1 aromatic heterocycles. The van der Waals surface area contributed by atoms with Gasteiger partial charge in [0.25, 0.3) is 5.91 Å². The maximum Gasteiger partial charge on any atom is 0.253 e. The quantitative estimate of drug-likeness (QED) is 0.317. The molecule has 0 spiro atoms. The molecule has 0 aliphatic rings. The normalized spacial score (nSPS) is 10.8. The minimum atomic E-state index is -0.320. The predicted octanol–water partition coefficient (Wildman–Crippen LogP) is 6.23. The summed E-state index contributed by atoms with van der Waals surface area (Å²) < 4.78 is 26.2. The molecule has 0 saturated heterocycles. The zero-order chi connectivity index (χ0) is 24.9. The van der Waals surface area contributed by atoms with Crippen LogP contribution in [0.3, 0.4) is 0 Å². The van der Waals surface area contributed by atoms with Crippen LogP contribution in [0.15, 0.2) is 72.8 Å².